The van der Waals surface area contributed by atoms with Gasteiger partial charge in [0.25, 0.3) is 0 Å². The topological polar surface area (TPSA) is 151 Å². The molecule has 0 heterocycles. The van der Waals surface area contributed by atoms with Crippen LogP contribution in [0.2, 0.25) is 0 Å². The van der Waals surface area contributed by atoms with Crippen LogP contribution in [0.4, 0.5) is 0 Å². The Labute approximate surface area is 365 Å². The first kappa shape index (κ1) is 57.4. The summed E-state index contributed by atoms with van der Waals surface area (Å²) in [4.78, 5) is 46.7. The highest BCUT2D eigenvalue weighted by Crippen LogP contribution is 2.43. The summed E-state index contributed by atoms with van der Waals surface area (Å²) in [5.74, 6) is -0.763. The number of esters is 2. The molecule has 0 saturated heterocycles. The number of hydrogen-bond donors (Lipinski definition) is 2. The van der Waals surface area contributed by atoms with Gasteiger partial charge in [-0.1, -0.05) is 171 Å². The lowest BCUT2D eigenvalue weighted by molar-refractivity contribution is -0.161. The molecule has 2 atom stereocenters. The second kappa shape index (κ2) is 44.4. The van der Waals surface area contributed by atoms with E-state index in [9.17, 15) is 23.8 Å². The maximum absolute atomic E-state index is 12.6. The fourth-order valence-electron chi connectivity index (χ4n) is 6.28. The molecule has 1 unspecified atom stereocenters. The van der Waals surface area contributed by atoms with Crippen LogP contribution < -0.4 is 5.73 Å². The highest BCUT2D eigenvalue weighted by molar-refractivity contribution is 7.47. The van der Waals surface area contributed by atoms with Gasteiger partial charge in [-0.05, 0) is 70.3 Å². The molecule has 0 bridgehead atoms. The standard InChI is InChI=1S/C49H86NO9P/c1-3-5-7-8-9-10-11-12-13-14-15-16-17-18-19-20-23-26-29-32-36-40-48(52)56-44-47(45-58-60(54,55)57-43-42-50)59-49(53)41-37-33-30-27-24-21-22-25-28-31-35-39-46(51)38-34-6-4-2/h12-13,21-22,27-28,30-31,35,39,47H,3-11,14-20,23-26,29,32-34,36-38,40-45,50H2,1-2H3,(H,54,55)/b13-12-,22-21-,30-27-,31-28-,39-35+/t47-/m1/s1. The molecule has 0 fully saturated rings. The number of allylic oxidation sites excluding steroid dienone is 10. The van der Waals surface area contributed by atoms with Crippen molar-refractivity contribution >= 4 is 25.5 Å². The van der Waals surface area contributed by atoms with Gasteiger partial charge in [0, 0.05) is 25.8 Å². The van der Waals surface area contributed by atoms with Crippen LogP contribution in [0.1, 0.15) is 200 Å². The SMILES string of the molecule is CCCCCCCC/C=C\CCCCCCCCCCCCCC(=O)OC[C@H](COP(=O)(O)OCCN)OC(=O)CCC/C=C\C/C=C\C/C=C\C=C\C(=O)CCCCC. The Morgan fingerprint density at radius 2 is 1.03 bits per heavy atom. The third-order valence-corrected chi connectivity index (χ3v) is 10.8. The molecule has 0 aromatic carbocycles. The molecule has 0 rings (SSSR count). The average Bonchev–Trinajstić information content (AvgIpc) is 3.23. The normalized spacial score (nSPS) is 13.7. The molecular weight excluding hydrogens is 778 g/mol. The minimum atomic E-state index is -4.41. The third-order valence-electron chi connectivity index (χ3n) is 9.85. The first-order valence-corrected chi connectivity index (χ1v) is 25.2. The summed E-state index contributed by atoms with van der Waals surface area (Å²) in [7, 11) is -4.41. The van der Waals surface area contributed by atoms with Crippen molar-refractivity contribution < 1.29 is 42.4 Å². The third kappa shape index (κ3) is 43.5. The fourth-order valence-corrected chi connectivity index (χ4v) is 7.05. The molecule has 0 saturated carbocycles. The first-order chi connectivity index (χ1) is 29.2. The van der Waals surface area contributed by atoms with Crippen molar-refractivity contribution in [1.29, 1.82) is 0 Å². The van der Waals surface area contributed by atoms with Gasteiger partial charge >= 0.3 is 19.8 Å². The number of carbonyl (C=O) groups excluding carboxylic acids is 3. The molecule has 10 nitrogen and oxygen atoms in total. The molecule has 0 spiro atoms. The van der Waals surface area contributed by atoms with Crippen LogP contribution in [-0.4, -0.2) is 55.1 Å². The monoisotopic (exact) mass is 864 g/mol. The summed E-state index contributed by atoms with van der Waals surface area (Å²) in [5, 5.41) is 0. The molecule has 0 aliphatic heterocycles. The Balaban J connectivity index is 4.20. The Kier molecular flexibility index (Phi) is 42.5. The fraction of sp³-hybridized carbons (Fsp3) is 0.735. The number of phosphoric ester groups is 1. The maximum Gasteiger partial charge on any atom is 0.472 e. The van der Waals surface area contributed by atoms with Gasteiger partial charge in [-0.25, -0.2) is 4.57 Å². The van der Waals surface area contributed by atoms with Crippen LogP contribution in [0.3, 0.4) is 0 Å². The van der Waals surface area contributed by atoms with Crippen LogP contribution in [0, 0.1) is 0 Å². The second-order valence-corrected chi connectivity index (χ2v) is 17.1. The van der Waals surface area contributed by atoms with E-state index in [1.165, 1.54) is 96.3 Å². The molecular formula is C49H86NO9P. The van der Waals surface area contributed by atoms with E-state index in [4.69, 9.17) is 24.3 Å². The number of unbranched alkanes of at least 4 members (excludes halogenated alkanes) is 20. The molecule has 0 radical (unpaired) electrons. The van der Waals surface area contributed by atoms with Gasteiger partial charge in [-0.2, -0.15) is 0 Å². The predicted molar refractivity (Wildman–Crippen MR) is 248 cm³/mol. The lowest BCUT2D eigenvalue weighted by atomic mass is 10.0. The highest BCUT2D eigenvalue weighted by Gasteiger charge is 2.26. The van der Waals surface area contributed by atoms with Crippen molar-refractivity contribution in [2.45, 2.75) is 206 Å². The Morgan fingerprint density at radius 1 is 0.550 bits per heavy atom. The summed E-state index contributed by atoms with van der Waals surface area (Å²) < 4.78 is 32.7. The molecule has 0 amide bonds. The van der Waals surface area contributed by atoms with E-state index in [0.717, 1.165) is 51.4 Å². The molecule has 11 heteroatoms. The van der Waals surface area contributed by atoms with E-state index < -0.39 is 32.5 Å². The average molecular weight is 864 g/mol. The van der Waals surface area contributed by atoms with Gasteiger partial charge in [0.05, 0.1) is 13.2 Å². The van der Waals surface area contributed by atoms with Gasteiger partial charge < -0.3 is 20.1 Å². The van der Waals surface area contributed by atoms with E-state index in [1.807, 2.05) is 24.3 Å². The smallest absolute Gasteiger partial charge is 0.462 e. The highest BCUT2D eigenvalue weighted by atomic mass is 31.2. The van der Waals surface area contributed by atoms with Crippen LogP contribution in [0.25, 0.3) is 0 Å². The Hall–Kier alpha value is -2.62. The maximum atomic E-state index is 12.6. The van der Waals surface area contributed by atoms with Gasteiger partial charge in [-0.3, -0.25) is 23.4 Å². The van der Waals surface area contributed by atoms with E-state index >= 15 is 0 Å². The number of phosphoric acid groups is 1. The van der Waals surface area contributed by atoms with Crippen LogP contribution in [0.5, 0.6) is 0 Å². The number of ether oxygens (including phenoxy) is 2. The molecule has 0 aliphatic rings. The molecule has 60 heavy (non-hydrogen) atoms. The summed E-state index contributed by atoms with van der Waals surface area (Å²) in [5.41, 5.74) is 5.35. The van der Waals surface area contributed by atoms with Crippen molar-refractivity contribution in [2.24, 2.45) is 5.73 Å². The first-order valence-electron chi connectivity index (χ1n) is 23.7. The van der Waals surface area contributed by atoms with E-state index in [0.29, 0.717) is 25.7 Å². The number of rotatable bonds is 44. The van der Waals surface area contributed by atoms with Crippen LogP contribution in [0.15, 0.2) is 60.8 Å². The molecule has 0 aromatic heterocycles. The molecule has 3 N–H and O–H groups in total. The van der Waals surface area contributed by atoms with Gasteiger partial charge in [0.15, 0.2) is 11.9 Å². The summed E-state index contributed by atoms with van der Waals surface area (Å²) in [6, 6.07) is 0. The van der Waals surface area contributed by atoms with Crippen molar-refractivity contribution in [1.82, 2.24) is 0 Å². The molecule has 346 valence electrons. The minimum absolute atomic E-state index is 0.0328. The number of nitrogens with two attached hydrogens (primary N) is 1. The molecule has 0 aromatic rings. The summed E-state index contributed by atoms with van der Waals surface area (Å²) in [6.07, 6.45) is 49.6. The van der Waals surface area contributed by atoms with E-state index in [-0.39, 0.29) is 38.4 Å². The lowest BCUT2D eigenvalue weighted by Gasteiger charge is -2.19. The minimum Gasteiger partial charge on any atom is -0.462 e. The van der Waals surface area contributed by atoms with Gasteiger partial charge in [0.2, 0.25) is 0 Å². The summed E-state index contributed by atoms with van der Waals surface area (Å²) >= 11 is 0. The number of hydrogen-bond acceptors (Lipinski definition) is 9. The number of ketones is 1. The van der Waals surface area contributed by atoms with Gasteiger partial charge in [0.1, 0.15) is 6.61 Å². The van der Waals surface area contributed by atoms with Crippen molar-refractivity contribution in [3.8, 4) is 0 Å². The van der Waals surface area contributed by atoms with Crippen molar-refractivity contribution in [3.05, 3.63) is 60.8 Å². The van der Waals surface area contributed by atoms with E-state index in [2.05, 4.69) is 38.2 Å². The zero-order valence-electron chi connectivity index (χ0n) is 37.9. The lowest BCUT2D eigenvalue weighted by Crippen LogP contribution is -2.29. The predicted octanol–water partition coefficient (Wildman–Crippen LogP) is 13.2. The Morgan fingerprint density at radius 3 is 1.65 bits per heavy atom. The van der Waals surface area contributed by atoms with Crippen molar-refractivity contribution in [2.75, 3.05) is 26.4 Å². The zero-order chi connectivity index (χ0) is 44.0. The van der Waals surface area contributed by atoms with Crippen LogP contribution >= 0.6 is 7.82 Å². The Bertz CT molecular complexity index is 1230. The molecule has 0 aliphatic carbocycles. The largest absolute Gasteiger partial charge is 0.472 e. The summed E-state index contributed by atoms with van der Waals surface area (Å²) in [6.45, 7) is 3.49. The second-order valence-electron chi connectivity index (χ2n) is 15.7. The van der Waals surface area contributed by atoms with Gasteiger partial charge in [-0.15, -0.1) is 0 Å². The number of carbonyl (C=O) groups is 3. The quantitative estimate of drug-likeness (QED) is 0.0151. The van der Waals surface area contributed by atoms with Crippen LogP contribution in [-0.2, 0) is 37.5 Å². The van der Waals surface area contributed by atoms with E-state index in [1.54, 1.807) is 12.2 Å². The van der Waals surface area contributed by atoms with Crippen molar-refractivity contribution in [3.63, 3.8) is 0 Å². The zero-order valence-corrected chi connectivity index (χ0v) is 38.8.